The van der Waals surface area contributed by atoms with Crippen LogP contribution in [-0.4, -0.2) is 11.8 Å². The molecule has 2 amide bonds. The number of carbonyl (C=O) groups excluding carboxylic acids is 2. The lowest BCUT2D eigenvalue weighted by atomic mass is 9.83. The molecule has 186 valence electrons. The van der Waals surface area contributed by atoms with E-state index in [1.165, 1.54) is 31.2 Å². The minimum atomic E-state index is -0.198. The van der Waals surface area contributed by atoms with Crippen molar-refractivity contribution in [2.45, 2.75) is 109 Å². The maximum absolute atomic E-state index is 11.9. The van der Waals surface area contributed by atoms with Crippen molar-refractivity contribution in [1.29, 1.82) is 0 Å². The summed E-state index contributed by atoms with van der Waals surface area (Å²) in [6, 6.07) is 10.2. The van der Waals surface area contributed by atoms with Crippen molar-refractivity contribution in [3.05, 3.63) is 35.9 Å². The van der Waals surface area contributed by atoms with Gasteiger partial charge in [0, 0.05) is 25.2 Å². The monoisotopic (exact) mass is 464 g/mol. The predicted octanol–water partition coefficient (Wildman–Crippen LogP) is 6.24. The molecule has 1 aromatic carbocycles. The van der Waals surface area contributed by atoms with E-state index < -0.39 is 0 Å². The van der Waals surface area contributed by atoms with E-state index in [0.29, 0.717) is 6.42 Å². The number of primary amides is 2. The Morgan fingerprint density at radius 1 is 0.735 bits per heavy atom. The van der Waals surface area contributed by atoms with E-state index in [-0.39, 0.29) is 23.7 Å². The number of benzene rings is 1. The Morgan fingerprint density at radius 3 is 1.76 bits per heavy atom. The van der Waals surface area contributed by atoms with Crippen LogP contribution in [0, 0.1) is 29.6 Å². The molecule has 0 heterocycles. The second kappa shape index (κ2) is 19.7. The SMILES string of the molecule is CC(c1ccccc1)C(CCCCCCCC#CC#CCCCCCCCCC(N)=O)C(N)=O. The van der Waals surface area contributed by atoms with Gasteiger partial charge in [-0.3, -0.25) is 9.59 Å². The van der Waals surface area contributed by atoms with E-state index in [2.05, 4.69) is 42.7 Å². The lowest BCUT2D eigenvalue weighted by Crippen LogP contribution is -2.27. The molecular weight excluding hydrogens is 420 g/mol. The molecule has 0 spiro atoms. The summed E-state index contributed by atoms with van der Waals surface area (Å²) in [4.78, 5) is 22.6. The maximum atomic E-state index is 11.9. The highest BCUT2D eigenvalue weighted by molar-refractivity contribution is 5.77. The van der Waals surface area contributed by atoms with Crippen LogP contribution in [0.2, 0.25) is 0 Å². The van der Waals surface area contributed by atoms with Gasteiger partial charge in [-0.15, -0.1) is 0 Å². The molecule has 0 saturated heterocycles. The third kappa shape index (κ3) is 15.2. The average molecular weight is 465 g/mol. The third-order valence-corrected chi connectivity index (χ3v) is 6.33. The number of amides is 2. The number of carbonyl (C=O) groups is 2. The van der Waals surface area contributed by atoms with Crippen molar-refractivity contribution >= 4 is 11.8 Å². The van der Waals surface area contributed by atoms with Crippen molar-refractivity contribution in [3.63, 3.8) is 0 Å². The molecule has 2 atom stereocenters. The van der Waals surface area contributed by atoms with Crippen molar-refractivity contribution in [2.75, 3.05) is 0 Å². The molecular formula is C30H44N2O2. The molecule has 0 aliphatic heterocycles. The molecule has 0 aliphatic rings. The van der Waals surface area contributed by atoms with Gasteiger partial charge in [0.1, 0.15) is 0 Å². The minimum Gasteiger partial charge on any atom is -0.370 e. The summed E-state index contributed by atoms with van der Waals surface area (Å²) in [6.45, 7) is 2.10. The van der Waals surface area contributed by atoms with E-state index in [0.717, 1.165) is 64.2 Å². The van der Waals surface area contributed by atoms with Crippen LogP contribution in [0.25, 0.3) is 0 Å². The predicted molar refractivity (Wildman–Crippen MR) is 142 cm³/mol. The van der Waals surface area contributed by atoms with Crippen LogP contribution in [0.5, 0.6) is 0 Å². The molecule has 1 rings (SSSR count). The Hall–Kier alpha value is -2.72. The van der Waals surface area contributed by atoms with Crippen molar-refractivity contribution in [2.24, 2.45) is 17.4 Å². The van der Waals surface area contributed by atoms with Crippen LogP contribution in [0.15, 0.2) is 30.3 Å². The van der Waals surface area contributed by atoms with Crippen LogP contribution in [-0.2, 0) is 9.59 Å². The molecule has 2 unspecified atom stereocenters. The average Bonchev–Trinajstić information content (AvgIpc) is 2.82. The van der Waals surface area contributed by atoms with Gasteiger partial charge < -0.3 is 11.5 Å². The van der Waals surface area contributed by atoms with Gasteiger partial charge in [-0.1, -0.05) is 100 Å². The molecule has 0 saturated carbocycles. The normalized spacial score (nSPS) is 12.0. The second-order valence-corrected chi connectivity index (χ2v) is 9.21. The maximum Gasteiger partial charge on any atom is 0.221 e. The smallest absolute Gasteiger partial charge is 0.221 e. The summed E-state index contributed by atoms with van der Waals surface area (Å²) in [7, 11) is 0. The highest BCUT2D eigenvalue weighted by atomic mass is 16.1. The molecule has 4 N–H and O–H groups in total. The number of unbranched alkanes of at least 4 members (excludes halogenated alkanes) is 11. The number of hydrogen-bond acceptors (Lipinski definition) is 2. The molecule has 0 aliphatic carbocycles. The Morgan fingerprint density at radius 2 is 1.24 bits per heavy atom. The van der Waals surface area contributed by atoms with Gasteiger partial charge in [0.05, 0.1) is 0 Å². The summed E-state index contributed by atoms with van der Waals surface area (Å²) >= 11 is 0. The zero-order valence-corrected chi connectivity index (χ0v) is 21.1. The number of rotatable bonds is 18. The fourth-order valence-electron chi connectivity index (χ4n) is 4.17. The Kier molecular flexibility index (Phi) is 17.0. The first-order valence-electron chi connectivity index (χ1n) is 13.1. The lowest BCUT2D eigenvalue weighted by molar-refractivity contribution is -0.122. The van der Waals surface area contributed by atoms with E-state index in [1.54, 1.807) is 0 Å². The quantitative estimate of drug-likeness (QED) is 0.199. The van der Waals surface area contributed by atoms with Gasteiger partial charge in [-0.2, -0.15) is 0 Å². The lowest BCUT2D eigenvalue weighted by Gasteiger charge is -2.21. The molecule has 0 fully saturated rings. The summed E-state index contributed by atoms with van der Waals surface area (Å²) in [5.74, 6) is 11.9. The summed E-state index contributed by atoms with van der Waals surface area (Å²) in [6.07, 6.45) is 15.4. The van der Waals surface area contributed by atoms with Crippen LogP contribution < -0.4 is 11.5 Å². The standard InChI is InChI=1S/C30H44N2O2/c1-26(27-22-18-17-19-23-27)28(30(32)34)24-20-15-13-11-9-7-5-3-2-4-6-8-10-12-14-16-21-25-29(31)33/h17-19,22-23,26,28H,6-16,20-21,24-25H2,1H3,(H2,31,33)(H2,32,34). The molecule has 1 aromatic rings. The topological polar surface area (TPSA) is 86.2 Å². The van der Waals surface area contributed by atoms with Gasteiger partial charge in [-0.05, 0) is 49.0 Å². The van der Waals surface area contributed by atoms with Crippen molar-refractivity contribution in [1.82, 2.24) is 0 Å². The van der Waals surface area contributed by atoms with E-state index >= 15 is 0 Å². The van der Waals surface area contributed by atoms with Gasteiger partial charge >= 0.3 is 0 Å². The largest absolute Gasteiger partial charge is 0.370 e. The van der Waals surface area contributed by atoms with E-state index in [9.17, 15) is 9.59 Å². The summed E-state index contributed by atoms with van der Waals surface area (Å²) in [5.41, 5.74) is 12.0. The number of nitrogens with two attached hydrogens (primary N) is 2. The second-order valence-electron chi connectivity index (χ2n) is 9.21. The first-order chi connectivity index (χ1) is 16.5. The van der Waals surface area contributed by atoms with Crippen molar-refractivity contribution in [3.8, 4) is 23.7 Å². The van der Waals surface area contributed by atoms with Gasteiger partial charge in [0.15, 0.2) is 0 Å². The van der Waals surface area contributed by atoms with Crippen LogP contribution in [0.1, 0.15) is 115 Å². The Balaban J connectivity index is 2.01. The van der Waals surface area contributed by atoms with Crippen LogP contribution >= 0.6 is 0 Å². The van der Waals surface area contributed by atoms with Gasteiger partial charge in [0.25, 0.3) is 0 Å². The van der Waals surface area contributed by atoms with Gasteiger partial charge in [0.2, 0.25) is 11.8 Å². The van der Waals surface area contributed by atoms with Gasteiger partial charge in [-0.25, -0.2) is 0 Å². The molecule has 4 nitrogen and oxygen atoms in total. The molecule has 4 heteroatoms. The van der Waals surface area contributed by atoms with E-state index in [4.69, 9.17) is 11.5 Å². The van der Waals surface area contributed by atoms with Crippen LogP contribution in [0.4, 0.5) is 0 Å². The molecule has 34 heavy (non-hydrogen) atoms. The zero-order chi connectivity index (χ0) is 24.9. The molecule has 0 aromatic heterocycles. The Labute approximate surface area is 207 Å². The number of hydrogen-bond donors (Lipinski definition) is 2. The highest BCUT2D eigenvalue weighted by Gasteiger charge is 2.23. The third-order valence-electron chi connectivity index (χ3n) is 6.33. The first-order valence-corrected chi connectivity index (χ1v) is 13.1. The molecule has 0 bridgehead atoms. The van der Waals surface area contributed by atoms with E-state index in [1.807, 2.05) is 18.2 Å². The Bertz CT molecular complexity index is 811. The van der Waals surface area contributed by atoms with Crippen LogP contribution in [0.3, 0.4) is 0 Å². The fraction of sp³-hybridized carbons (Fsp3) is 0.600. The summed E-state index contributed by atoms with van der Waals surface area (Å²) in [5, 5.41) is 0. The van der Waals surface area contributed by atoms with Crippen molar-refractivity contribution < 1.29 is 9.59 Å². The first kappa shape index (κ1) is 29.3. The zero-order valence-electron chi connectivity index (χ0n) is 21.1. The highest BCUT2D eigenvalue weighted by Crippen LogP contribution is 2.28. The molecule has 0 radical (unpaired) electrons. The minimum absolute atomic E-state index is 0.0971. The summed E-state index contributed by atoms with van der Waals surface area (Å²) < 4.78 is 0. The fourth-order valence-corrected chi connectivity index (χ4v) is 4.17.